The van der Waals surface area contributed by atoms with Gasteiger partial charge in [-0.15, -0.1) is 0 Å². The van der Waals surface area contributed by atoms with Crippen LogP contribution in [0.4, 0.5) is 0 Å². The zero-order valence-electron chi connectivity index (χ0n) is 21.3. The molecule has 3 saturated carbocycles. The number of furan rings is 1. The number of ether oxygens (including phenoxy) is 3. The standard InChI is InChI=1S/C28H38O6/c1-16(29)32-20-14-19-24(2,3)10-7-11-25(19,4)18-8-12-26(5)21(17-9-13-31-15-17)33-23(30)22-28(26,34-22)27(18,20)6/h9,13,15,18-22H,7-8,10-12,14H2,1-6H3/t18?,19?,20?,21-,22?,25+,26-,27-,28?/m0/s1. The normalized spacial score (nSPS) is 50.6. The van der Waals surface area contributed by atoms with Gasteiger partial charge in [-0.2, -0.15) is 0 Å². The Labute approximate surface area is 202 Å². The number of hydrogen-bond acceptors (Lipinski definition) is 6. The lowest BCUT2D eigenvalue weighted by atomic mass is 9.35. The van der Waals surface area contributed by atoms with Gasteiger partial charge in [0.1, 0.15) is 17.8 Å². The lowest BCUT2D eigenvalue weighted by Gasteiger charge is -2.70. The molecule has 9 atom stereocenters. The maximum atomic E-state index is 13.3. The number of hydrogen-bond donors (Lipinski definition) is 0. The monoisotopic (exact) mass is 470 g/mol. The van der Waals surface area contributed by atoms with E-state index < -0.39 is 28.6 Å². The van der Waals surface area contributed by atoms with Crippen LogP contribution in [-0.2, 0) is 23.8 Å². The number of epoxide rings is 1. The highest BCUT2D eigenvalue weighted by Crippen LogP contribution is 2.80. The first-order chi connectivity index (χ1) is 15.9. The first kappa shape index (κ1) is 22.6. The predicted octanol–water partition coefficient (Wildman–Crippen LogP) is 5.61. The molecule has 0 aromatic carbocycles. The van der Waals surface area contributed by atoms with Crippen LogP contribution in [0.25, 0.3) is 0 Å². The Morgan fingerprint density at radius 1 is 1.06 bits per heavy atom. The SMILES string of the molecule is CC(=O)OC1CC2C(C)(C)CCC[C@]2(C)C2CC[C@@]3(C)[C@H](c4ccoc4)OC(=O)C4OC43[C@]12C. The van der Waals surface area contributed by atoms with E-state index in [0.717, 1.165) is 24.8 Å². The molecular weight excluding hydrogens is 432 g/mol. The molecule has 0 amide bonds. The highest BCUT2D eigenvalue weighted by Gasteiger charge is 2.88. The fraction of sp³-hybridized carbons (Fsp3) is 0.786. The Hall–Kier alpha value is -1.82. The molecule has 5 fully saturated rings. The van der Waals surface area contributed by atoms with Crippen LogP contribution in [-0.4, -0.2) is 29.7 Å². The van der Waals surface area contributed by atoms with Gasteiger partial charge >= 0.3 is 11.9 Å². The van der Waals surface area contributed by atoms with Crippen LogP contribution in [0.1, 0.15) is 91.7 Å². The van der Waals surface area contributed by atoms with Crippen molar-refractivity contribution in [2.75, 3.05) is 0 Å². The van der Waals surface area contributed by atoms with E-state index >= 15 is 0 Å². The Balaban J connectivity index is 1.53. The summed E-state index contributed by atoms with van der Waals surface area (Å²) in [4.78, 5) is 25.7. The van der Waals surface area contributed by atoms with Gasteiger partial charge in [0, 0.05) is 23.3 Å². The predicted molar refractivity (Wildman–Crippen MR) is 123 cm³/mol. The summed E-state index contributed by atoms with van der Waals surface area (Å²) < 4.78 is 24.2. The van der Waals surface area contributed by atoms with Gasteiger partial charge in [0.05, 0.1) is 12.5 Å². The number of carbonyl (C=O) groups is 2. The Kier molecular flexibility index (Phi) is 4.45. The molecule has 3 heterocycles. The molecule has 1 aromatic rings. The third-order valence-electron chi connectivity index (χ3n) is 11.3. The fourth-order valence-corrected chi connectivity index (χ4v) is 9.99. The van der Waals surface area contributed by atoms with Crippen LogP contribution in [0, 0.1) is 33.5 Å². The minimum atomic E-state index is -0.726. The molecule has 0 bridgehead atoms. The molecule has 3 aliphatic carbocycles. The number of carbonyl (C=O) groups excluding carboxylic acids is 2. The Morgan fingerprint density at radius 3 is 2.50 bits per heavy atom. The molecule has 6 rings (SSSR count). The molecule has 0 radical (unpaired) electrons. The molecule has 1 spiro atoms. The van der Waals surface area contributed by atoms with Crippen LogP contribution in [0.2, 0.25) is 0 Å². The lowest BCUT2D eigenvalue weighted by molar-refractivity contribution is -0.267. The van der Waals surface area contributed by atoms with Gasteiger partial charge in [-0.1, -0.05) is 41.0 Å². The van der Waals surface area contributed by atoms with Gasteiger partial charge in [0.25, 0.3) is 0 Å². The van der Waals surface area contributed by atoms with E-state index in [9.17, 15) is 9.59 Å². The van der Waals surface area contributed by atoms with E-state index in [1.165, 1.54) is 26.2 Å². The first-order valence-electron chi connectivity index (χ1n) is 13.0. The maximum absolute atomic E-state index is 13.3. The molecule has 5 aliphatic rings. The lowest BCUT2D eigenvalue weighted by Crippen LogP contribution is -2.72. The summed E-state index contributed by atoms with van der Waals surface area (Å²) in [6.45, 7) is 13.2. The van der Waals surface area contributed by atoms with Crippen molar-refractivity contribution in [1.82, 2.24) is 0 Å². The van der Waals surface area contributed by atoms with Crippen LogP contribution >= 0.6 is 0 Å². The van der Waals surface area contributed by atoms with E-state index in [-0.39, 0.29) is 34.8 Å². The highest BCUT2D eigenvalue weighted by molar-refractivity contribution is 5.82. The Bertz CT molecular complexity index is 1030. The number of rotatable bonds is 2. The second-order valence-electron chi connectivity index (χ2n) is 13.1. The van der Waals surface area contributed by atoms with Crippen LogP contribution < -0.4 is 0 Å². The Morgan fingerprint density at radius 2 is 1.82 bits per heavy atom. The van der Waals surface area contributed by atoms with Crippen molar-refractivity contribution in [2.45, 2.75) is 104 Å². The summed E-state index contributed by atoms with van der Waals surface area (Å²) >= 11 is 0. The van der Waals surface area contributed by atoms with Crippen LogP contribution in [0.15, 0.2) is 23.0 Å². The summed E-state index contributed by atoms with van der Waals surface area (Å²) in [5.41, 5.74) is -0.501. The van der Waals surface area contributed by atoms with Crippen molar-refractivity contribution in [1.29, 1.82) is 0 Å². The minimum absolute atomic E-state index is 0.103. The van der Waals surface area contributed by atoms with Crippen molar-refractivity contribution in [3.05, 3.63) is 24.2 Å². The van der Waals surface area contributed by atoms with E-state index in [0.29, 0.717) is 5.92 Å². The second-order valence-corrected chi connectivity index (χ2v) is 13.1. The van der Waals surface area contributed by atoms with Crippen molar-refractivity contribution in [3.8, 4) is 0 Å². The first-order valence-corrected chi connectivity index (χ1v) is 13.0. The van der Waals surface area contributed by atoms with Gasteiger partial charge < -0.3 is 18.6 Å². The number of fused-ring (bicyclic) bond motifs is 3. The van der Waals surface area contributed by atoms with E-state index in [2.05, 4.69) is 34.6 Å². The summed E-state index contributed by atoms with van der Waals surface area (Å²) in [5.74, 6) is 0.183. The highest BCUT2D eigenvalue weighted by atomic mass is 16.7. The van der Waals surface area contributed by atoms with Gasteiger partial charge in [-0.3, -0.25) is 4.79 Å². The van der Waals surface area contributed by atoms with Gasteiger partial charge in [-0.05, 0) is 60.8 Å². The summed E-state index contributed by atoms with van der Waals surface area (Å²) in [6.07, 6.45) is 8.23. The zero-order valence-corrected chi connectivity index (χ0v) is 21.3. The third-order valence-corrected chi connectivity index (χ3v) is 11.3. The van der Waals surface area contributed by atoms with Gasteiger partial charge in [-0.25, -0.2) is 4.79 Å². The molecular formula is C28H38O6. The average Bonchev–Trinajstić information content (AvgIpc) is 3.31. The fourth-order valence-electron chi connectivity index (χ4n) is 9.99. The van der Waals surface area contributed by atoms with Gasteiger partial charge in [0.15, 0.2) is 6.10 Å². The number of cyclic esters (lactones) is 1. The van der Waals surface area contributed by atoms with E-state index in [1.807, 2.05) is 6.07 Å². The topological polar surface area (TPSA) is 78.3 Å². The van der Waals surface area contributed by atoms with Crippen LogP contribution in [0.5, 0.6) is 0 Å². The third kappa shape index (κ3) is 2.46. The summed E-state index contributed by atoms with van der Waals surface area (Å²) in [6, 6.07) is 1.89. The molecule has 34 heavy (non-hydrogen) atoms. The summed E-state index contributed by atoms with van der Waals surface area (Å²) in [5, 5.41) is 0. The molecule has 2 saturated heterocycles. The summed E-state index contributed by atoms with van der Waals surface area (Å²) in [7, 11) is 0. The quantitative estimate of drug-likeness (QED) is 0.413. The van der Waals surface area contributed by atoms with Crippen molar-refractivity contribution in [2.24, 2.45) is 33.5 Å². The van der Waals surface area contributed by atoms with E-state index in [4.69, 9.17) is 18.6 Å². The molecule has 6 heteroatoms. The minimum Gasteiger partial charge on any atom is -0.472 e. The van der Waals surface area contributed by atoms with Crippen molar-refractivity contribution >= 4 is 11.9 Å². The zero-order chi connectivity index (χ0) is 24.3. The molecule has 5 unspecified atom stereocenters. The molecule has 0 N–H and O–H groups in total. The number of esters is 2. The van der Waals surface area contributed by atoms with Crippen molar-refractivity contribution < 1.29 is 28.2 Å². The van der Waals surface area contributed by atoms with Crippen molar-refractivity contribution in [3.63, 3.8) is 0 Å². The average molecular weight is 471 g/mol. The smallest absolute Gasteiger partial charge is 0.339 e. The van der Waals surface area contributed by atoms with Crippen LogP contribution in [0.3, 0.4) is 0 Å². The maximum Gasteiger partial charge on any atom is 0.339 e. The molecule has 2 aliphatic heterocycles. The largest absolute Gasteiger partial charge is 0.472 e. The molecule has 6 nitrogen and oxygen atoms in total. The van der Waals surface area contributed by atoms with E-state index in [1.54, 1.807) is 12.5 Å². The molecule has 186 valence electrons. The molecule has 1 aromatic heterocycles. The van der Waals surface area contributed by atoms with Gasteiger partial charge in [0.2, 0.25) is 0 Å². The second kappa shape index (κ2) is 6.68.